The minimum atomic E-state index is -0.326. The molecule has 0 saturated carbocycles. The summed E-state index contributed by atoms with van der Waals surface area (Å²) < 4.78 is 20.3. The largest absolute Gasteiger partial charge is 0.497 e. The Morgan fingerprint density at radius 2 is 2.05 bits per heavy atom. The number of rotatable bonds is 2. The first kappa shape index (κ1) is 12.7. The molecule has 4 rings (SSSR count). The smallest absolute Gasteiger partial charge is 0.182 e. The van der Waals surface area contributed by atoms with E-state index in [1.807, 2.05) is 24.3 Å². The van der Waals surface area contributed by atoms with Crippen LogP contribution in [-0.2, 0) is 0 Å². The van der Waals surface area contributed by atoms with E-state index in [2.05, 4.69) is 15.1 Å². The predicted molar refractivity (Wildman–Crippen MR) is 80.2 cm³/mol. The zero-order valence-corrected chi connectivity index (χ0v) is 11.7. The number of benzene rings is 2. The number of hydrogen-bond acceptors (Lipinski definition) is 4. The number of hydrogen-bond donors (Lipinski definition) is 0. The Balaban J connectivity index is 1.96. The van der Waals surface area contributed by atoms with Gasteiger partial charge in [0.05, 0.1) is 12.6 Å². The molecule has 0 bridgehead atoms. The molecular weight excluding hydrogens is 283 g/mol. The van der Waals surface area contributed by atoms with Crippen LogP contribution < -0.4 is 4.74 Å². The number of fused-ring (bicyclic) bond motifs is 3. The second-order valence-electron chi connectivity index (χ2n) is 4.84. The average molecular weight is 294 g/mol. The van der Waals surface area contributed by atoms with E-state index in [1.165, 1.54) is 12.1 Å². The van der Waals surface area contributed by atoms with Gasteiger partial charge in [-0.2, -0.15) is 0 Å². The quantitative estimate of drug-likeness (QED) is 0.570. The topological polar surface area (TPSA) is 52.3 Å². The van der Waals surface area contributed by atoms with Crippen molar-refractivity contribution in [2.45, 2.75) is 0 Å². The second kappa shape index (κ2) is 4.77. The van der Waals surface area contributed by atoms with Crippen LogP contribution in [0.2, 0.25) is 0 Å². The highest BCUT2D eigenvalue weighted by Crippen LogP contribution is 2.24. The van der Waals surface area contributed by atoms with E-state index in [9.17, 15) is 4.39 Å². The van der Waals surface area contributed by atoms with E-state index in [1.54, 1.807) is 24.0 Å². The van der Waals surface area contributed by atoms with Crippen molar-refractivity contribution in [3.63, 3.8) is 0 Å². The maximum atomic E-state index is 13.5. The standard InChI is InChI=1S/C16H11FN4O/c1-22-12-4-2-3-10(7-12)15-19-16-13-8-11(17)5-6-14(13)18-9-21(16)20-15/h2-9H,1H3. The lowest BCUT2D eigenvalue weighted by atomic mass is 10.2. The van der Waals surface area contributed by atoms with Crippen molar-refractivity contribution in [3.05, 3.63) is 54.6 Å². The van der Waals surface area contributed by atoms with Gasteiger partial charge in [0.25, 0.3) is 0 Å². The van der Waals surface area contributed by atoms with Crippen molar-refractivity contribution in [1.82, 2.24) is 19.6 Å². The molecule has 0 amide bonds. The van der Waals surface area contributed by atoms with Crippen molar-refractivity contribution >= 4 is 16.6 Å². The first-order chi connectivity index (χ1) is 10.7. The molecule has 2 aromatic carbocycles. The normalized spacial score (nSPS) is 11.2. The van der Waals surface area contributed by atoms with Gasteiger partial charge in [0.1, 0.15) is 17.9 Å². The van der Waals surface area contributed by atoms with Crippen molar-refractivity contribution in [2.24, 2.45) is 0 Å². The molecule has 5 nitrogen and oxygen atoms in total. The molecule has 0 fully saturated rings. The molecule has 0 unspecified atom stereocenters. The van der Waals surface area contributed by atoms with Gasteiger partial charge in [-0.15, -0.1) is 5.10 Å². The third kappa shape index (κ3) is 1.96. The molecule has 0 aliphatic carbocycles. The Bertz CT molecular complexity index is 996. The van der Waals surface area contributed by atoms with Gasteiger partial charge in [-0.25, -0.2) is 18.9 Å². The monoisotopic (exact) mass is 294 g/mol. The van der Waals surface area contributed by atoms with Crippen molar-refractivity contribution in [3.8, 4) is 17.1 Å². The number of aromatic nitrogens is 4. The van der Waals surface area contributed by atoms with Crippen LogP contribution in [-0.4, -0.2) is 26.7 Å². The van der Waals surface area contributed by atoms with Gasteiger partial charge in [-0.3, -0.25) is 0 Å². The molecule has 4 aromatic rings. The molecule has 22 heavy (non-hydrogen) atoms. The molecular formula is C16H11FN4O. The fourth-order valence-corrected chi connectivity index (χ4v) is 2.39. The molecule has 0 spiro atoms. The Morgan fingerprint density at radius 3 is 2.91 bits per heavy atom. The van der Waals surface area contributed by atoms with Gasteiger partial charge in [0.15, 0.2) is 11.5 Å². The summed E-state index contributed by atoms with van der Waals surface area (Å²) in [4.78, 5) is 8.78. The number of nitrogens with zero attached hydrogens (tertiary/aromatic N) is 4. The highest BCUT2D eigenvalue weighted by molar-refractivity contribution is 5.91. The van der Waals surface area contributed by atoms with Crippen LogP contribution in [0.1, 0.15) is 0 Å². The van der Waals surface area contributed by atoms with Crippen LogP contribution in [0.5, 0.6) is 5.75 Å². The first-order valence-electron chi connectivity index (χ1n) is 6.70. The highest BCUT2D eigenvalue weighted by atomic mass is 19.1. The Kier molecular flexibility index (Phi) is 2.75. The third-order valence-electron chi connectivity index (χ3n) is 3.46. The van der Waals surface area contributed by atoms with Gasteiger partial charge in [-0.05, 0) is 30.3 Å². The fourth-order valence-electron chi connectivity index (χ4n) is 2.39. The Labute approximate surface area is 125 Å². The number of methoxy groups -OCH3 is 1. The molecule has 0 saturated heterocycles. The summed E-state index contributed by atoms with van der Waals surface area (Å²) in [5, 5.41) is 5.03. The lowest BCUT2D eigenvalue weighted by molar-refractivity contribution is 0.415. The van der Waals surface area contributed by atoms with E-state index < -0.39 is 0 Å². The summed E-state index contributed by atoms with van der Waals surface area (Å²) in [6.07, 6.45) is 1.58. The predicted octanol–water partition coefficient (Wildman–Crippen LogP) is 3.09. The van der Waals surface area contributed by atoms with Crippen LogP contribution in [0.25, 0.3) is 27.9 Å². The summed E-state index contributed by atoms with van der Waals surface area (Å²) in [5.41, 5.74) is 2.08. The van der Waals surface area contributed by atoms with Gasteiger partial charge in [0, 0.05) is 10.9 Å². The van der Waals surface area contributed by atoms with Crippen LogP contribution in [0, 0.1) is 5.82 Å². The molecule has 6 heteroatoms. The van der Waals surface area contributed by atoms with Crippen LogP contribution in [0.3, 0.4) is 0 Å². The van der Waals surface area contributed by atoms with E-state index in [4.69, 9.17) is 4.74 Å². The minimum absolute atomic E-state index is 0.326. The molecule has 0 aliphatic rings. The van der Waals surface area contributed by atoms with E-state index >= 15 is 0 Å². The lowest BCUT2D eigenvalue weighted by Gasteiger charge is -2.00. The second-order valence-corrected chi connectivity index (χ2v) is 4.84. The lowest BCUT2D eigenvalue weighted by Crippen LogP contribution is -1.91. The molecule has 2 aromatic heterocycles. The van der Waals surface area contributed by atoms with Gasteiger partial charge in [-0.1, -0.05) is 12.1 Å². The highest BCUT2D eigenvalue weighted by Gasteiger charge is 2.11. The first-order valence-corrected chi connectivity index (χ1v) is 6.70. The van der Waals surface area contributed by atoms with Crippen molar-refractivity contribution in [1.29, 1.82) is 0 Å². The van der Waals surface area contributed by atoms with Gasteiger partial charge >= 0.3 is 0 Å². The summed E-state index contributed by atoms with van der Waals surface area (Å²) in [5.74, 6) is 0.941. The Morgan fingerprint density at radius 1 is 1.14 bits per heavy atom. The third-order valence-corrected chi connectivity index (χ3v) is 3.46. The fraction of sp³-hybridized carbons (Fsp3) is 0.0625. The molecule has 108 valence electrons. The summed E-state index contributed by atoms with van der Waals surface area (Å²) in [7, 11) is 1.61. The molecule has 0 aliphatic heterocycles. The summed E-state index contributed by atoms with van der Waals surface area (Å²) >= 11 is 0. The molecule has 0 N–H and O–H groups in total. The Hall–Kier alpha value is -3.02. The van der Waals surface area contributed by atoms with E-state index in [-0.39, 0.29) is 5.82 Å². The SMILES string of the molecule is COc1cccc(-c2nc3c4cc(F)ccc4ncn3n2)c1. The number of halogens is 1. The van der Waals surface area contributed by atoms with Crippen molar-refractivity contribution in [2.75, 3.05) is 7.11 Å². The van der Waals surface area contributed by atoms with Gasteiger partial charge in [0.2, 0.25) is 0 Å². The van der Waals surface area contributed by atoms with E-state index in [0.29, 0.717) is 22.4 Å². The van der Waals surface area contributed by atoms with E-state index in [0.717, 1.165) is 11.3 Å². The maximum Gasteiger partial charge on any atom is 0.182 e. The molecule has 2 heterocycles. The van der Waals surface area contributed by atoms with Crippen LogP contribution in [0.4, 0.5) is 4.39 Å². The summed E-state index contributed by atoms with van der Waals surface area (Å²) in [6.45, 7) is 0. The molecule has 0 atom stereocenters. The molecule has 0 radical (unpaired) electrons. The van der Waals surface area contributed by atoms with Gasteiger partial charge < -0.3 is 4.74 Å². The zero-order chi connectivity index (χ0) is 15.1. The zero-order valence-electron chi connectivity index (χ0n) is 11.7. The minimum Gasteiger partial charge on any atom is -0.497 e. The number of ether oxygens (including phenoxy) is 1. The van der Waals surface area contributed by atoms with Crippen LogP contribution >= 0.6 is 0 Å². The van der Waals surface area contributed by atoms with Crippen LogP contribution in [0.15, 0.2) is 48.8 Å². The van der Waals surface area contributed by atoms with Crippen molar-refractivity contribution < 1.29 is 9.13 Å². The maximum absolute atomic E-state index is 13.5. The summed E-state index contributed by atoms with van der Waals surface area (Å²) in [6, 6.07) is 11.9. The average Bonchev–Trinajstić information content (AvgIpc) is 2.99.